The van der Waals surface area contributed by atoms with Gasteiger partial charge in [-0.3, -0.25) is 0 Å². The van der Waals surface area contributed by atoms with E-state index in [-0.39, 0.29) is 6.04 Å². The first kappa shape index (κ1) is 11.6. The van der Waals surface area contributed by atoms with Crippen LogP contribution in [0.2, 0.25) is 0 Å². The number of nitrogens with one attached hydrogen (secondary N) is 1. The number of rotatable bonds is 4. The average molecular weight is 225 g/mol. The van der Waals surface area contributed by atoms with Gasteiger partial charge in [0, 0.05) is 19.6 Å². The first-order chi connectivity index (χ1) is 7.79. The van der Waals surface area contributed by atoms with Crippen LogP contribution >= 0.6 is 0 Å². The fourth-order valence-corrected chi connectivity index (χ4v) is 1.79. The lowest BCUT2D eigenvalue weighted by Gasteiger charge is -2.30. The lowest BCUT2D eigenvalue weighted by Crippen LogP contribution is -2.48. The number of nitrogens with zero attached hydrogens (tertiary/aromatic N) is 1. The zero-order chi connectivity index (χ0) is 11.4. The number of hydrazine groups is 1. The minimum atomic E-state index is 0.0480. The summed E-state index contributed by atoms with van der Waals surface area (Å²) < 4.78 is 10.9. The SMILES string of the molecule is Cc1ccc(C(CN)NN2CCOCC2)o1. The van der Waals surface area contributed by atoms with Crippen molar-refractivity contribution < 1.29 is 9.15 Å². The zero-order valence-corrected chi connectivity index (χ0v) is 9.61. The molecule has 2 heterocycles. The number of aryl methyl sites for hydroxylation is 1. The van der Waals surface area contributed by atoms with Crippen LogP contribution < -0.4 is 11.2 Å². The van der Waals surface area contributed by atoms with Gasteiger partial charge >= 0.3 is 0 Å². The topological polar surface area (TPSA) is 63.7 Å². The molecule has 0 aliphatic carbocycles. The molecule has 1 aromatic rings. The fourth-order valence-electron chi connectivity index (χ4n) is 1.79. The molecule has 1 atom stereocenters. The van der Waals surface area contributed by atoms with E-state index in [4.69, 9.17) is 14.9 Å². The van der Waals surface area contributed by atoms with Crippen LogP contribution in [0.3, 0.4) is 0 Å². The van der Waals surface area contributed by atoms with E-state index in [0.29, 0.717) is 6.54 Å². The van der Waals surface area contributed by atoms with E-state index in [1.807, 2.05) is 19.1 Å². The summed E-state index contributed by atoms with van der Waals surface area (Å²) in [6.07, 6.45) is 0. The van der Waals surface area contributed by atoms with E-state index in [0.717, 1.165) is 37.8 Å². The Hall–Kier alpha value is -0.880. The predicted octanol–water partition coefficient (Wildman–Crippen LogP) is 0.425. The molecule has 0 bridgehead atoms. The maximum atomic E-state index is 5.75. The van der Waals surface area contributed by atoms with Crippen LogP contribution in [0, 0.1) is 6.92 Å². The minimum Gasteiger partial charge on any atom is -0.465 e. The highest BCUT2D eigenvalue weighted by Gasteiger charge is 2.18. The third-order valence-electron chi connectivity index (χ3n) is 2.69. The van der Waals surface area contributed by atoms with Crippen LogP contribution in [0.15, 0.2) is 16.5 Å². The van der Waals surface area contributed by atoms with Crippen molar-refractivity contribution in [2.24, 2.45) is 5.73 Å². The molecule has 5 heteroatoms. The van der Waals surface area contributed by atoms with Crippen LogP contribution in [-0.2, 0) is 4.74 Å². The Balaban J connectivity index is 1.94. The van der Waals surface area contributed by atoms with Crippen molar-refractivity contribution in [2.45, 2.75) is 13.0 Å². The molecule has 0 aromatic carbocycles. The summed E-state index contributed by atoms with van der Waals surface area (Å²) in [7, 11) is 0. The van der Waals surface area contributed by atoms with Crippen molar-refractivity contribution in [1.82, 2.24) is 10.4 Å². The van der Waals surface area contributed by atoms with E-state index < -0.39 is 0 Å². The second kappa shape index (κ2) is 5.45. The Morgan fingerprint density at radius 1 is 1.44 bits per heavy atom. The second-order valence-electron chi connectivity index (χ2n) is 3.97. The molecule has 0 spiro atoms. The number of nitrogens with two attached hydrogens (primary N) is 1. The normalized spacial score (nSPS) is 19.9. The lowest BCUT2D eigenvalue weighted by molar-refractivity contribution is 0.00226. The Kier molecular flexibility index (Phi) is 3.95. The van der Waals surface area contributed by atoms with Crippen LogP contribution in [-0.4, -0.2) is 37.9 Å². The van der Waals surface area contributed by atoms with Gasteiger partial charge in [0.15, 0.2) is 0 Å². The van der Waals surface area contributed by atoms with Gasteiger partial charge < -0.3 is 14.9 Å². The van der Waals surface area contributed by atoms with E-state index in [1.54, 1.807) is 0 Å². The molecule has 1 aromatic heterocycles. The maximum absolute atomic E-state index is 5.75. The highest BCUT2D eigenvalue weighted by Crippen LogP contribution is 2.15. The first-order valence-electron chi connectivity index (χ1n) is 5.65. The predicted molar refractivity (Wildman–Crippen MR) is 60.8 cm³/mol. The summed E-state index contributed by atoms with van der Waals surface area (Å²) in [5.41, 5.74) is 9.12. The van der Waals surface area contributed by atoms with Crippen LogP contribution in [0.25, 0.3) is 0 Å². The molecule has 2 rings (SSSR count). The average Bonchev–Trinajstić information content (AvgIpc) is 2.74. The van der Waals surface area contributed by atoms with Crippen LogP contribution in [0.5, 0.6) is 0 Å². The number of hydrogen-bond acceptors (Lipinski definition) is 5. The molecule has 1 saturated heterocycles. The first-order valence-corrected chi connectivity index (χ1v) is 5.65. The van der Waals surface area contributed by atoms with E-state index >= 15 is 0 Å². The monoisotopic (exact) mass is 225 g/mol. The van der Waals surface area contributed by atoms with Gasteiger partial charge in [0.25, 0.3) is 0 Å². The van der Waals surface area contributed by atoms with Crippen LogP contribution in [0.4, 0.5) is 0 Å². The molecule has 90 valence electrons. The summed E-state index contributed by atoms with van der Waals surface area (Å²) in [6, 6.07) is 3.98. The molecule has 1 aliphatic heterocycles. The molecule has 5 nitrogen and oxygen atoms in total. The summed E-state index contributed by atoms with van der Waals surface area (Å²) in [6.45, 7) is 5.76. The second-order valence-corrected chi connectivity index (χ2v) is 3.97. The Labute approximate surface area is 95.5 Å². The maximum Gasteiger partial charge on any atom is 0.123 e. The smallest absolute Gasteiger partial charge is 0.123 e. The third-order valence-corrected chi connectivity index (χ3v) is 2.69. The Morgan fingerprint density at radius 3 is 2.75 bits per heavy atom. The summed E-state index contributed by atoms with van der Waals surface area (Å²) in [4.78, 5) is 0. The summed E-state index contributed by atoms with van der Waals surface area (Å²) in [5.74, 6) is 1.81. The van der Waals surface area contributed by atoms with Gasteiger partial charge in [0.1, 0.15) is 11.5 Å². The molecule has 1 fully saturated rings. The number of furan rings is 1. The molecule has 0 amide bonds. The van der Waals surface area contributed by atoms with Gasteiger partial charge in [-0.25, -0.2) is 10.4 Å². The molecular weight excluding hydrogens is 206 g/mol. The van der Waals surface area contributed by atoms with Crippen molar-refractivity contribution in [3.05, 3.63) is 23.7 Å². The number of morpholine rings is 1. The highest BCUT2D eigenvalue weighted by molar-refractivity contribution is 5.09. The van der Waals surface area contributed by atoms with Crippen molar-refractivity contribution in [1.29, 1.82) is 0 Å². The highest BCUT2D eigenvalue weighted by atomic mass is 16.5. The van der Waals surface area contributed by atoms with Gasteiger partial charge in [-0.2, -0.15) is 0 Å². The van der Waals surface area contributed by atoms with Crippen molar-refractivity contribution >= 4 is 0 Å². The number of ether oxygens (including phenoxy) is 1. The summed E-state index contributed by atoms with van der Waals surface area (Å²) in [5, 5.41) is 2.14. The van der Waals surface area contributed by atoms with E-state index in [9.17, 15) is 0 Å². The molecule has 1 unspecified atom stereocenters. The van der Waals surface area contributed by atoms with Crippen LogP contribution in [0.1, 0.15) is 17.6 Å². The Morgan fingerprint density at radius 2 is 2.19 bits per heavy atom. The van der Waals surface area contributed by atoms with Gasteiger partial charge in [0.05, 0.1) is 19.3 Å². The van der Waals surface area contributed by atoms with Gasteiger partial charge in [-0.15, -0.1) is 0 Å². The standard InChI is InChI=1S/C11H19N3O2/c1-9-2-3-11(16-9)10(8-12)13-14-4-6-15-7-5-14/h2-3,10,13H,4-8,12H2,1H3. The van der Waals surface area contributed by atoms with E-state index in [2.05, 4.69) is 10.4 Å². The molecular formula is C11H19N3O2. The molecule has 3 N–H and O–H groups in total. The molecule has 0 saturated carbocycles. The van der Waals surface area contributed by atoms with Gasteiger partial charge in [-0.05, 0) is 19.1 Å². The fraction of sp³-hybridized carbons (Fsp3) is 0.636. The van der Waals surface area contributed by atoms with Crippen molar-refractivity contribution in [2.75, 3.05) is 32.8 Å². The zero-order valence-electron chi connectivity index (χ0n) is 9.61. The van der Waals surface area contributed by atoms with Gasteiger partial charge in [0.2, 0.25) is 0 Å². The number of hydrogen-bond donors (Lipinski definition) is 2. The van der Waals surface area contributed by atoms with Gasteiger partial charge in [-0.1, -0.05) is 0 Å². The Bertz CT molecular complexity index is 321. The third kappa shape index (κ3) is 2.82. The van der Waals surface area contributed by atoms with Crippen molar-refractivity contribution in [3.63, 3.8) is 0 Å². The van der Waals surface area contributed by atoms with E-state index in [1.165, 1.54) is 0 Å². The minimum absolute atomic E-state index is 0.0480. The largest absolute Gasteiger partial charge is 0.465 e. The molecule has 16 heavy (non-hydrogen) atoms. The quantitative estimate of drug-likeness (QED) is 0.777. The molecule has 1 aliphatic rings. The lowest BCUT2D eigenvalue weighted by atomic mass is 10.2. The molecule has 0 radical (unpaired) electrons. The van der Waals surface area contributed by atoms with Crippen molar-refractivity contribution in [3.8, 4) is 0 Å². The summed E-state index contributed by atoms with van der Waals surface area (Å²) >= 11 is 0.